The van der Waals surface area contributed by atoms with Crippen LogP contribution in [0.1, 0.15) is 11.1 Å². The first-order valence-electron chi connectivity index (χ1n) is 4.57. The molecule has 0 fully saturated rings. The summed E-state index contributed by atoms with van der Waals surface area (Å²) in [6, 6.07) is 5.68. The quantitative estimate of drug-likeness (QED) is 0.735. The van der Waals surface area contributed by atoms with Gasteiger partial charge in [-0.25, -0.2) is 4.68 Å². The van der Waals surface area contributed by atoms with Gasteiger partial charge in [0.2, 0.25) is 0 Å². The van der Waals surface area contributed by atoms with E-state index in [-0.39, 0.29) is 0 Å². The lowest BCUT2D eigenvalue weighted by Crippen LogP contribution is -1.99. The van der Waals surface area contributed by atoms with Gasteiger partial charge in [-0.2, -0.15) is 5.10 Å². The Hall–Kier alpha value is -0.990. The van der Waals surface area contributed by atoms with Crippen LogP contribution in [0.25, 0.3) is 5.69 Å². The summed E-state index contributed by atoms with van der Waals surface area (Å²) in [7, 11) is 0. The van der Waals surface area contributed by atoms with Crippen LogP contribution in [0.5, 0.6) is 0 Å². The van der Waals surface area contributed by atoms with Crippen molar-refractivity contribution in [2.75, 3.05) is 0 Å². The minimum Gasteiger partial charge on any atom is -0.240 e. The van der Waals surface area contributed by atoms with E-state index in [1.54, 1.807) is 10.9 Å². The second-order valence-electron chi connectivity index (χ2n) is 3.33. The van der Waals surface area contributed by atoms with Gasteiger partial charge in [-0.1, -0.05) is 17.7 Å². The lowest BCUT2D eigenvalue weighted by Gasteiger charge is -2.08. The van der Waals surface area contributed by atoms with Crippen molar-refractivity contribution in [3.05, 3.63) is 46.7 Å². The van der Waals surface area contributed by atoms with Crippen molar-refractivity contribution in [2.45, 2.75) is 12.8 Å². The highest BCUT2D eigenvalue weighted by molar-refractivity contribution is 6.32. The Morgan fingerprint density at radius 2 is 2.20 bits per heavy atom. The molecule has 0 aliphatic rings. The largest absolute Gasteiger partial charge is 0.240 e. The van der Waals surface area contributed by atoms with Gasteiger partial charge in [-0.3, -0.25) is 0 Å². The zero-order valence-corrected chi connectivity index (χ0v) is 9.76. The van der Waals surface area contributed by atoms with Gasteiger partial charge in [0.05, 0.1) is 17.8 Å². The first-order chi connectivity index (χ1) is 7.22. The van der Waals surface area contributed by atoms with Crippen LogP contribution in [-0.2, 0) is 5.88 Å². The molecule has 0 radical (unpaired) electrons. The van der Waals surface area contributed by atoms with Crippen molar-refractivity contribution < 1.29 is 0 Å². The van der Waals surface area contributed by atoms with Crippen LogP contribution in [0, 0.1) is 6.92 Å². The highest BCUT2D eigenvalue weighted by Gasteiger charge is 2.08. The van der Waals surface area contributed by atoms with Crippen LogP contribution < -0.4 is 0 Å². The summed E-state index contributed by atoms with van der Waals surface area (Å²) in [4.78, 5) is 0. The van der Waals surface area contributed by atoms with Crippen molar-refractivity contribution >= 4 is 23.2 Å². The van der Waals surface area contributed by atoms with Crippen LogP contribution in [-0.4, -0.2) is 9.78 Å². The number of halogens is 2. The molecule has 1 aromatic carbocycles. The van der Waals surface area contributed by atoms with Crippen molar-refractivity contribution in [2.24, 2.45) is 0 Å². The molecule has 78 valence electrons. The smallest absolute Gasteiger partial charge is 0.0704 e. The number of hydrogen-bond acceptors (Lipinski definition) is 1. The van der Waals surface area contributed by atoms with E-state index in [1.807, 2.05) is 31.3 Å². The SMILES string of the molecule is Cc1cnn(-c2cccc(Cl)c2CCl)c1. The second kappa shape index (κ2) is 4.25. The van der Waals surface area contributed by atoms with Gasteiger partial charge in [0.25, 0.3) is 0 Å². The maximum Gasteiger partial charge on any atom is 0.0704 e. The number of nitrogens with zero attached hydrogens (tertiary/aromatic N) is 2. The highest BCUT2D eigenvalue weighted by Crippen LogP contribution is 2.24. The van der Waals surface area contributed by atoms with Crippen molar-refractivity contribution in [1.82, 2.24) is 9.78 Å². The zero-order valence-electron chi connectivity index (χ0n) is 8.24. The third-order valence-corrected chi connectivity index (χ3v) is 2.81. The van der Waals surface area contributed by atoms with E-state index in [2.05, 4.69) is 5.10 Å². The van der Waals surface area contributed by atoms with Crippen molar-refractivity contribution in [3.8, 4) is 5.69 Å². The Morgan fingerprint density at radius 1 is 1.40 bits per heavy atom. The number of alkyl halides is 1. The Bertz CT molecular complexity index is 477. The predicted octanol–water partition coefficient (Wildman–Crippen LogP) is 3.57. The van der Waals surface area contributed by atoms with Crippen molar-refractivity contribution in [3.63, 3.8) is 0 Å². The number of aryl methyl sites for hydroxylation is 1. The van der Waals surface area contributed by atoms with E-state index in [4.69, 9.17) is 23.2 Å². The maximum atomic E-state index is 6.06. The first kappa shape index (κ1) is 10.5. The summed E-state index contributed by atoms with van der Waals surface area (Å²) < 4.78 is 1.79. The zero-order chi connectivity index (χ0) is 10.8. The molecule has 0 unspecified atom stereocenters. The number of hydrogen-bond donors (Lipinski definition) is 0. The third kappa shape index (κ3) is 2.01. The standard InChI is InChI=1S/C11H10Cl2N2/c1-8-6-14-15(7-8)11-4-2-3-10(13)9(11)5-12/h2-4,6-7H,5H2,1H3. The summed E-state index contributed by atoms with van der Waals surface area (Å²) in [5.74, 6) is 0.383. The summed E-state index contributed by atoms with van der Waals surface area (Å²) in [6.07, 6.45) is 3.75. The summed E-state index contributed by atoms with van der Waals surface area (Å²) in [6.45, 7) is 1.99. The maximum absolute atomic E-state index is 6.06. The summed E-state index contributed by atoms with van der Waals surface area (Å²) >= 11 is 11.9. The van der Waals surface area contributed by atoms with Crippen molar-refractivity contribution in [1.29, 1.82) is 0 Å². The molecule has 0 atom stereocenters. The minimum absolute atomic E-state index is 0.383. The Balaban J connectivity index is 2.57. The van der Waals surface area contributed by atoms with E-state index in [9.17, 15) is 0 Å². The Morgan fingerprint density at radius 3 is 2.80 bits per heavy atom. The number of rotatable bonds is 2. The van der Waals surface area contributed by atoms with Gasteiger partial charge in [0.15, 0.2) is 0 Å². The molecule has 0 aliphatic carbocycles. The fraction of sp³-hybridized carbons (Fsp3) is 0.182. The van der Waals surface area contributed by atoms with Gasteiger partial charge >= 0.3 is 0 Å². The predicted molar refractivity (Wildman–Crippen MR) is 62.9 cm³/mol. The van der Waals surface area contributed by atoms with Gasteiger partial charge in [-0.05, 0) is 24.6 Å². The molecular weight excluding hydrogens is 231 g/mol. The molecule has 2 rings (SSSR count). The summed E-state index contributed by atoms with van der Waals surface area (Å²) in [5, 5.41) is 4.91. The third-order valence-electron chi connectivity index (χ3n) is 2.19. The Labute approximate surface area is 98.4 Å². The molecule has 2 aromatic rings. The number of benzene rings is 1. The Kier molecular flexibility index (Phi) is 2.98. The lowest BCUT2D eigenvalue weighted by molar-refractivity contribution is 0.871. The molecule has 4 heteroatoms. The lowest BCUT2D eigenvalue weighted by atomic mass is 10.2. The minimum atomic E-state index is 0.383. The van der Waals surface area contributed by atoms with E-state index in [0.717, 1.165) is 16.8 Å². The van der Waals surface area contributed by atoms with Gasteiger partial charge in [0, 0.05) is 16.8 Å². The van der Waals surface area contributed by atoms with Gasteiger partial charge in [0.1, 0.15) is 0 Å². The summed E-state index contributed by atoms with van der Waals surface area (Å²) in [5.41, 5.74) is 2.95. The molecule has 15 heavy (non-hydrogen) atoms. The molecule has 0 bridgehead atoms. The van der Waals surface area contributed by atoms with Crippen LogP contribution in [0.15, 0.2) is 30.6 Å². The van der Waals surface area contributed by atoms with E-state index in [1.165, 1.54) is 0 Å². The highest BCUT2D eigenvalue weighted by atomic mass is 35.5. The second-order valence-corrected chi connectivity index (χ2v) is 4.01. The van der Waals surface area contributed by atoms with Gasteiger partial charge < -0.3 is 0 Å². The molecule has 1 heterocycles. The molecule has 2 nitrogen and oxygen atoms in total. The molecule has 0 aliphatic heterocycles. The molecule has 0 amide bonds. The number of aromatic nitrogens is 2. The fourth-order valence-electron chi connectivity index (χ4n) is 1.44. The average Bonchev–Trinajstić information content (AvgIpc) is 2.64. The molecular formula is C11H10Cl2N2. The van der Waals surface area contributed by atoms with Crippen LogP contribution >= 0.6 is 23.2 Å². The molecule has 0 saturated heterocycles. The molecule has 1 aromatic heterocycles. The molecule has 0 N–H and O–H groups in total. The van der Waals surface area contributed by atoms with E-state index in [0.29, 0.717) is 10.9 Å². The van der Waals surface area contributed by atoms with Crippen LogP contribution in [0.2, 0.25) is 5.02 Å². The molecule has 0 saturated carbocycles. The monoisotopic (exact) mass is 240 g/mol. The normalized spacial score (nSPS) is 10.6. The van der Waals surface area contributed by atoms with E-state index >= 15 is 0 Å². The van der Waals surface area contributed by atoms with Crippen LogP contribution in [0.3, 0.4) is 0 Å². The van der Waals surface area contributed by atoms with E-state index < -0.39 is 0 Å². The molecule has 0 spiro atoms. The van der Waals surface area contributed by atoms with Crippen LogP contribution in [0.4, 0.5) is 0 Å². The fourth-order valence-corrected chi connectivity index (χ4v) is 2.02. The topological polar surface area (TPSA) is 17.8 Å². The first-order valence-corrected chi connectivity index (χ1v) is 5.48. The van der Waals surface area contributed by atoms with Gasteiger partial charge in [-0.15, -0.1) is 11.6 Å². The average molecular weight is 241 g/mol.